The van der Waals surface area contributed by atoms with Gasteiger partial charge in [-0.1, -0.05) is 32.0 Å². The first-order valence-corrected chi connectivity index (χ1v) is 5.94. The Morgan fingerprint density at radius 2 is 1.59 bits per heavy atom. The van der Waals surface area contributed by atoms with Crippen LogP contribution in [0.25, 0.3) is 0 Å². The first-order valence-electron chi connectivity index (χ1n) is 5.94. The van der Waals surface area contributed by atoms with Crippen molar-refractivity contribution in [2.45, 2.75) is 19.9 Å². The van der Waals surface area contributed by atoms with E-state index < -0.39 is 0 Å². The van der Waals surface area contributed by atoms with Crippen LogP contribution in [-0.2, 0) is 4.79 Å². The van der Waals surface area contributed by atoms with Crippen LogP contribution in [-0.4, -0.2) is 38.0 Å². The zero-order valence-corrected chi connectivity index (χ0v) is 11.3. The molecule has 0 aromatic heterocycles. The molecule has 0 fully saturated rings. The zero-order chi connectivity index (χ0) is 13.0. The summed E-state index contributed by atoms with van der Waals surface area (Å²) in [4.78, 5) is 16.1. The first-order chi connectivity index (χ1) is 7.95. The van der Waals surface area contributed by atoms with Crippen LogP contribution in [0.2, 0.25) is 0 Å². The normalized spacial score (nSPS) is 12.9. The number of para-hydroxylation sites is 1. The lowest BCUT2D eigenvalue weighted by Crippen LogP contribution is -2.47. The lowest BCUT2D eigenvalue weighted by atomic mass is 10.0. The van der Waals surface area contributed by atoms with Crippen molar-refractivity contribution in [3.63, 3.8) is 0 Å². The molecular formula is C14H22N2O. The third-order valence-electron chi connectivity index (χ3n) is 2.91. The Morgan fingerprint density at radius 3 is 2.00 bits per heavy atom. The first kappa shape index (κ1) is 13.7. The molecule has 1 aromatic carbocycles. The van der Waals surface area contributed by atoms with Gasteiger partial charge in [-0.25, -0.2) is 0 Å². The second-order valence-electron chi connectivity index (χ2n) is 4.89. The molecule has 1 rings (SSSR count). The molecule has 0 aliphatic rings. The SMILES string of the molecule is CC(C)C(C(=O)N(C)c1ccccc1)N(C)C. The molecule has 1 aromatic rings. The van der Waals surface area contributed by atoms with Crippen molar-refractivity contribution < 1.29 is 4.79 Å². The van der Waals surface area contributed by atoms with Crippen LogP contribution in [0.5, 0.6) is 0 Å². The van der Waals surface area contributed by atoms with E-state index in [0.29, 0.717) is 5.92 Å². The van der Waals surface area contributed by atoms with Crippen LogP contribution < -0.4 is 4.90 Å². The van der Waals surface area contributed by atoms with Gasteiger partial charge in [0.15, 0.2) is 0 Å². The smallest absolute Gasteiger partial charge is 0.244 e. The molecule has 0 saturated carbocycles. The highest BCUT2D eigenvalue weighted by atomic mass is 16.2. The fraction of sp³-hybridized carbons (Fsp3) is 0.500. The van der Waals surface area contributed by atoms with Crippen LogP contribution >= 0.6 is 0 Å². The van der Waals surface area contributed by atoms with Gasteiger partial charge in [-0.3, -0.25) is 9.69 Å². The molecule has 0 saturated heterocycles. The summed E-state index contributed by atoms with van der Waals surface area (Å²) in [5.74, 6) is 0.430. The van der Waals surface area contributed by atoms with Crippen molar-refractivity contribution >= 4 is 11.6 Å². The minimum Gasteiger partial charge on any atom is -0.314 e. The number of hydrogen-bond donors (Lipinski definition) is 0. The Kier molecular flexibility index (Phi) is 4.70. The molecule has 3 nitrogen and oxygen atoms in total. The molecule has 1 unspecified atom stereocenters. The summed E-state index contributed by atoms with van der Waals surface area (Å²) in [7, 11) is 5.72. The fourth-order valence-corrected chi connectivity index (χ4v) is 2.08. The maximum atomic E-state index is 12.4. The van der Waals surface area contributed by atoms with Gasteiger partial charge in [0.1, 0.15) is 0 Å². The number of carbonyl (C=O) groups is 1. The monoisotopic (exact) mass is 234 g/mol. The second kappa shape index (κ2) is 5.82. The molecule has 1 amide bonds. The highest BCUT2D eigenvalue weighted by molar-refractivity contribution is 5.96. The largest absolute Gasteiger partial charge is 0.314 e. The lowest BCUT2D eigenvalue weighted by molar-refractivity contribution is -0.124. The Labute approximate surface area is 104 Å². The summed E-state index contributed by atoms with van der Waals surface area (Å²) in [6, 6.07) is 9.65. The van der Waals surface area contributed by atoms with Crippen LogP contribution in [0.1, 0.15) is 13.8 Å². The van der Waals surface area contributed by atoms with Gasteiger partial charge in [-0.15, -0.1) is 0 Å². The zero-order valence-electron chi connectivity index (χ0n) is 11.3. The number of anilines is 1. The molecule has 0 aliphatic carbocycles. The number of hydrogen-bond acceptors (Lipinski definition) is 2. The van der Waals surface area contributed by atoms with Gasteiger partial charge in [0.05, 0.1) is 6.04 Å². The average molecular weight is 234 g/mol. The standard InChI is InChI=1S/C14H22N2O/c1-11(2)13(15(3)4)14(17)16(5)12-9-7-6-8-10-12/h6-11,13H,1-5H3. The van der Waals surface area contributed by atoms with Crippen molar-refractivity contribution in [1.29, 1.82) is 0 Å². The maximum Gasteiger partial charge on any atom is 0.244 e. The van der Waals surface area contributed by atoms with E-state index in [1.807, 2.05) is 56.4 Å². The Bertz CT molecular complexity index is 352. The molecule has 3 heteroatoms. The molecule has 0 spiro atoms. The van der Waals surface area contributed by atoms with Crippen molar-refractivity contribution in [2.75, 3.05) is 26.0 Å². The molecule has 0 N–H and O–H groups in total. The predicted octanol–water partition coefficient (Wildman–Crippen LogP) is 2.24. The van der Waals surface area contributed by atoms with E-state index in [0.717, 1.165) is 5.69 Å². The summed E-state index contributed by atoms with van der Waals surface area (Å²) in [5.41, 5.74) is 0.935. The Balaban J connectivity index is 2.89. The number of rotatable bonds is 4. The molecule has 94 valence electrons. The van der Waals surface area contributed by atoms with Gasteiger partial charge in [-0.2, -0.15) is 0 Å². The van der Waals surface area contributed by atoms with E-state index in [2.05, 4.69) is 13.8 Å². The van der Waals surface area contributed by atoms with Crippen LogP contribution in [0.3, 0.4) is 0 Å². The highest BCUT2D eigenvalue weighted by Crippen LogP contribution is 2.16. The summed E-state index contributed by atoms with van der Waals surface area (Å²) in [6.45, 7) is 4.14. The van der Waals surface area contributed by atoms with E-state index in [1.54, 1.807) is 4.90 Å². The summed E-state index contributed by atoms with van der Waals surface area (Å²) < 4.78 is 0. The average Bonchev–Trinajstić information content (AvgIpc) is 2.28. The topological polar surface area (TPSA) is 23.6 Å². The van der Waals surface area contributed by atoms with Gasteiger partial charge >= 0.3 is 0 Å². The molecule has 0 radical (unpaired) electrons. The van der Waals surface area contributed by atoms with Crippen molar-refractivity contribution in [2.24, 2.45) is 5.92 Å². The summed E-state index contributed by atoms with van der Waals surface area (Å²) in [5, 5.41) is 0. The number of benzene rings is 1. The van der Waals surface area contributed by atoms with Crippen LogP contribution in [0.15, 0.2) is 30.3 Å². The van der Waals surface area contributed by atoms with Gasteiger partial charge in [0.2, 0.25) is 5.91 Å². The summed E-state index contributed by atoms with van der Waals surface area (Å²) >= 11 is 0. The van der Waals surface area contributed by atoms with Crippen LogP contribution in [0.4, 0.5) is 5.69 Å². The number of carbonyl (C=O) groups excluding carboxylic acids is 1. The minimum absolute atomic E-state index is 0.0831. The number of nitrogens with zero attached hydrogens (tertiary/aromatic N) is 2. The minimum atomic E-state index is -0.0831. The molecule has 17 heavy (non-hydrogen) atoms. The quantitative estimate of drug-likeness (QED) is 0.797. The third kappa shape index (κ3) is 3.30. The summed E-state index contributed by atoms with van der Waals surface area (Å²) in [6.07, 6.45) is 0. The van der Waals surface area contributed by atoms with Crippen molar-refractivity contribution in [1.82, 2.24) is 4.90 Å². The van der Waals surface area contributed by atoms with E-state index in [9.17, 15) is 4.79 Å². The Hall–Kier alpha value is -1.35. The molecule has 0 heterocycles. The van der Waals surface area contributed by atoms with E-state index in [-0.39, 0.29) is 11.9 Å². The van der Waals surface area contributed by atoms with Gasteiger partial charge < -0.3 is 4.90 Å². The Morgan fingerprint density at radius 1 is 1.06 bits per heavy atom. The predicted molar refractivity (Wildman–Crippen MR) is 72.2 cm³/mol. The molecule has 0 aliphatic heterocycles. The van der Waals surface area contributed by atoms with Gasteiger partial charge in [0, 0.05) is 12.7 Å². The fourth-order valence-electron chi connectivity index (χ4n) is 2.08. The van der Waals surface area contributed by atoms with Gasteiger partial charge in [0.25, 0.3) is 0 Å². The molecule has 1 atom stereocenters. The highest BCUT2D eigenvalue weighted by Gasteiger charge is 2.27. The van der Waals surface area contributed by atoms with Gasteiger partial charge in [-0.05, 0) is 32.1 Å². The van der Waals surface area contributed by atoms with Crippen LogP contribution in [0, 0.1) is 5.92 Å². The van der Waals surface area contributed by atoms with Crippen molar-refractivity contribution in [3.05, 3.63) is 30.3 Å². The van der Waals surface area contributed by atoms with E-state index in [1.165, 1.54) is 0 Å². The molecule has 0 bridgehead atoms. The van der Waals surface area contributed by atoms with E-state index >= 15 is 0 Å². The second-order valence-corrected chi connectivity index (χ2v) is 4.89. The molecular weight excluding hydrogens is 212 g/mol. The number of amides is 1. The van der Waals surface area contributed by atoms with E-state index in [4.69, 9.17) is 0 Å². The van der Waals surface area contributed by atoms with Crippen molar-refractivity contribution in [3.8, 4) is 0 Å². The number of likely N-dealkylation sites (N-methyl/N-ethyl adjacent to an activating group) is 2. The third-order valence-corrected chi connectivity index (χ3v) is 2.91. The maximum absolute atomic E-state index is 12.4. The lowest BCUT2D eigenvalue weighted by Gasteiger charge is -2.30.